The van der Waals surface area contributed by atoms with E-state index in [2.05, 4.69) is 10.0 Å². The van der Waals surface area contributed by atoms with Crippen LogP contribution in [0.4, 0.5) is 5.69 Å². The number of hydrogen-bond acceptors (Lipinski definition) is 5. The van der Waals surface area contributed by atoms with Crippen molar-refractivity contribution in [3.63, 3.8) is 0 Å². The summed E-state index contributed by atoms with van der Waals surface area (Å²) in [4.78, 5) is 25.2. The Labute approximate surface area is 160 Å². The predicted octanol–water partition coefficient (Wildman–Crippen LogP) is 0.683. The lowest BCUT2D eigenvalue weighted by molar-refractivity contribution is -0.133. The van der Waals surface area contributed by atoms with Crippen molar-refractivity contribution >= 4 is 39.9 Å². The summed E-state index contributed by atoms with van der Waals surface area (Å²) in [6.45, 7) is 3.86. The number of carbonyl (C=O) groups excluding carboxylic acids is 2. The van der Waals surface area contributed by atoms with Gasteiger partial charge in [0.2, 0.25) is 21.8 Å². The molecule has 1 aliphatic heterocycles. The fourth-order valence-corrected chi connectivity index (χ4v) is 4.09. The van der Waals surface area contributed by atoms with Gasteiger partial charge in [-0.2, -0.15) is 4.72 Å². The number of sulfonamides is 1. The van der Waals surface area contributed by atoms with Crippen molar-refractivity contribution in [1.82, 2.24) is 9.62 Å². The monoisotopic (exact) mass is 404 g/mol. The Balaban J connectivity index is 0.00000338. The Morgan fingerprint density at radius 1 is 1.31 bits per heavy atom. The number of rotatable bonds is 6. The van der Waals surface area contributed by atoms with Crippen molar-refractivity contribution < 1.29 is 18.0 Å². The molecule has 146 valence electrons. The van der Waals surface area contributed by atoms with Gasteiger partial charge in [-0.1, -0.05) is 0 Å². The number of benzene rings is 1. The van der Waals surface area contributed by atoms with E-state index in [0.717, 1.165) is 12.8 Å². The quantitative estimate of drug-likeness (QED) is 0.643. The lowest BCUT2D eigenvalue weighted by Gasteiger charge is -2.26. The number of hydrogen-bond donors (Lipinski definition) is 3. The maximum Gasteiger partial charge on any atom is 0.241 e. The number of likely N-dealkylation sites (tertiary alicyclic amines) is 1. The molecule has 0 saturated carbocycles. The number of anilines is 1. The van der Waals surface area contributed by atoms with Gasteiger partial charge in [-0.15, -0.1) is 12.4 Å². The largest absolute Gasteiger partial charge is 0.337 e. The summed E-state index contributed by atoms with van der Waals surface area (Å²) in [7, 11) is -3.84. The van der Waals surface area contributed by atoms with Gasteiger partial charge in [-0.25, -0.2) is 8.42 Å². The summed E-state index contributed by atoms with van der Waals surface area (Å²) in [6.07, 6.45) is 1.71. The first-order valence-electron chi connectivity index (χ1n) is 8.15. The van der Waals surface area contributed by atoms with Gasteiger partial charge < -0.3 is 16.0 Å². The van der Waals surface area contributed by atoms with Gasteiger partial charge in [0.1, 0.15) is 0 Å². The second-order valence-electron chi connectivity index (χ2n) is 6.11. The van der Waals surface area contributed by atoms with E-state index in [1.165, 1.54) is 38.1 Å². The highest BCUT2D eigenvalue weighted by Crippen LogP contribution is 2.18. The van der Waals surface area contributed by atoms with Crippen LogP contribution in [0.25, 0.3) is 0 Å². The molecule has 2 atom stereocenters. The van der Waals surface area contributed by atoms with Crippen molar-refractivity contribution in [3.8, 4) is 0 Å². The number of halogens is 1. The fraction of sp³-hybridized carbons (Fsp3) is 0.500. The van der Waals surface area contributed by atoms with Crippen LogP contribution in [0.1, 0.15) is 26.7 Å². The number of nitrogens with zero attached hydrogens (tertiary/aromatic N) is 1. The van der Waals surface area contributed by atoms with Gasteiger partial charge in [-0.3, -0.25) is 9.59 Å². The van der Waals surface area contributed by atoms with Gasteiger partial charge in [-0.05, 0) is 44.0 Å². The molecule has 2 rings (SSSR count). The van der Waals surface area contributed by atoms with Gasteiger partial charge in [0.25, 0.3) is 0 Å². The van der Waals surface area contributed by atoms with Crippen LogP contribution in [0.15, 0.2) is 29.2 Å². The van der Waals surface area contributed by atoms with E-state index >= 15 is 0 Å². The number of carbonyl (C=O) groups is 2. The van der Waals surface area contributed by atoms with E-state index in [-0.39, 0.29) is 35.2 Å². The van der Waals surface area contributed by atoms with Crippen LogP contribution in [0.5, 0.6) is 0 Å². The SMILES string of the molecule is CC(=O)Nc1ccc(S(=O)(=O)NC(C)C(=O)N2CCCC2CN)cc1.Cl. The average Bonchev–Trinajstić information content (AvgIpc) is 3.02. The molecule has 1 aromatic carbocycles. The van der Waals surface area contributed by atoms with Gasteiger partial charge in [0.05, 0.1) is 10.9 Å². The third kappa shape index (κ3) is 5.41. The molecule has 1 saturated heterocycles. The smallest absolute Gasteiger partial charge is 0.241 e. The molecule has 8 nitrogen and oxygen atoms in total. The van der Waals surface area contributed by atoms with E-state index in [1.807, 2.05) is 0 Å². The Hall–Kier alpha value is -1.68. The summed E-state index contributed by atoms with van der Waals surface area (Å²) in [5, 5.41) is 2.56. The van der Waals surface area contributed by atoms with Crippen LogP contribution in [0, 0.1) is 0 Å². The Morgan fingerprint density at radius 2 is 1.92 bits per heavy atom. The summed E-state index contributed by atoms with van der Waals surface area (Å²) in [5.41, 5.74) is 6.17. The standard InChI is InChI=1S/C16H24N4O4S.ClH/c1-11(16(22)20-9-3-4-14(20)10-17)19-25(23,24)15-7-5-13(6-8-15)18-12(2)21;/h5-8,11,14,19H,3-4,9-10,17H2,1-2H3,(H,18,21);1H. The van der Waals surface area contributed by atoms with Gasteiger partial charge >= 0.3 is 0 Å². The number of nitrogens with one attached hydrogen (secondary N) is 2. The molecule has 10 heteroatoms. The molecule has 0 aliphatic carbocycles. The van der Waals surface area contributed by atoms with E-state index in [9.17, 15) is 18.0 Å². The maximum atomic E-state index is 12.5. The lowest BCUT2D eigenvalue weighted by atomic mass is 10.2. The minimum Gasteiger partial charge on any atom is -0.337 e. The molecule has 1 heterocycles. The third-order valence-corrected chi connectivity index (χ3v) is 5.68. The first-order valence-corrected chi connectivity index (χ1v) is 9.63. The Bertz CT molecular complexity index is 739. The first-order chi connectivity index (χ1) is 11.7. The van der Waals surface area contributed by atoms with Gasteiger partial charge in [0.15, 0.2) is 0 Å². The third-order valence-electron chi connectivity index (χ3n) is 4.12. The molecule has 2 amide bonds. The summed E-state index contributed by atoms with van der Waals surface area (Å²) in [5.74, 6) is -0.514. The fourth-order valence-electron chi connectivity index (χ4n) is 2.89. The van der Waals surface area contributed by atoms with Crippen molar-refractivity contribution in [2.45, 2.75) is 43.7 Å². The molecule has 0 spiro atoms. The summed E-state index contributed by atoms with van der Waals surface area (Å²) < 4.78 is 27.3. The molecule has 26 heavy (non-hydrogen) atoms. The molecule has 1 aliphatic rings. The summed E-state index contributed by atoms with van der Waals surface area (Å²) >= 11 is 0. The van der Waals surface area contributed by atoms with Crippen molar-refractivity contribution in [2.75, 3.05) is 18.4 Å². The molecule has 4 N–H and O–H groups in total. The van der Waals surface area contributed by atoms with E-state index in [0.29, 0.717) is 18.8 Å². The maximum absolute atomic E-state index is 12.5. The van der Waals surface area contributed by atoms with Crippen LogP contribution in [0.2, 0.25) is 0 Å². The molecular formula is C16H25ClN4O4S. The Kier molecular flexibility index (Phi) is 8.01. The van der Waals surface area contributed by atoms with Crippen molar-refractivity contribution in [2.24, 2.45) is 5.73 Å². The molecule has 2 unspecified atom stereocenters. The zero-order chi connectivity index (χ0) is 18.6. The molecular weight excluding hydrogens is 380 g/mol. The van der Waals surface area contributed by atoms with E-state index < -0.39 is 16.1 Å². The second kappa shape index (κ2) is 9.31. The first kappa shape index (κ1) is 22.4. The minimum absolute atomic E-state index is 0. The highest BCUT2D eigenvalue weighted by atomic mass is 35.5. The number of nitrogens with two attached hydrogens (primary N) is 1. The minimum atomic E-state index is -3.84. The van der Waals surface area contributed by atoms with Gasteiger partial charge in [0, 0.05) is 31.7 Å². The zero-order valence-corrected chi connectivity index (χ0v) is 16.4. The predicted molar refractivity (Wildman–Crippen MR) is 102 cm³/mol. The van der Waals surface area contributed by atoms with Crippen LogP contribution in [0.3, 0.4) is 0 Å². The van der Waals surface area contributed by atoms with E-state index in [4.69, 9.17) is 5.73 Å². The van der Waals surface area contributed by atoms with E-state index in [1.54, 1.807) is 4.90 Å². The molecule has 0 bridgehead atoms. The number of amides is 2. The Morgan fingerprint density at radius 3 is 2.46 bits per heavy atom. The average molecular weight is 405 g/mol. The van der Waals surface area contributed by atoms with Crippen LogP contribution in [-0.4, -0.2) is 50.3 Å². The van der Waals surface area contributed by atoms with Crippen LogP contribution < -0.4 is 15.8 Å². The molecule has 0 aromatic heterocycles. The van der Waals surface area contributed by atoms with Crippen LogP contribution in [-0.2, 0) is 19.6 Å². The molecule has 0 radical (unpaired) electrons. The highest BCUT2D eigenvalue weighted by molar-refractivity contribution is 7.89. The van der Waals surface area contributed by atoms with Crippen molar-refractivity contribution in [1.29, 1.82) is 0 Å². The van der Waals surface area contributed by atoms with Crippen molar-refractivity contribution in [3.05, 3.63) is 24.3 Å². The van der Waals surface area contributed by atoms with Crippen LogP contribution >= 0.6 is 12.4 Å². The highest BCUT2D eigenvalue weighted by Gasteiger charge is 2.32. The summed E-state index contributed by atoms with van der Waals surface area (Å²) in [6, 6.07) is 4.83. The molecule has 1 aromatic rings. The second-order valence-corrected chi connectivity index (χ2v) is 7.83. The topological polar surface area (TPSA) is 122 Å². The molecule has 1 fully saturated rings. The lowest BCUT2D eigenvalue weighted by Crippen LogP contribution is -2.50. The zero-order valence-electron chi connectivity index (χ0n) is 14.8. The normalized spacial score (nSPS) is 18.1.